The molecular weight excluding hydrogens is 224 g/mol. The number of rotatable bonds is 5. The summed E-state index contributed by atoms with van der Waals surface area (Å²) in [7, 11) is 1.63. The van der Waals surface area contributed by atoms with E-state index in [1.54, 1.807) is 18.9 Å². The van der Waals surface area contributed by atoms with Gasteiger partial charge in [-0.3, -0.25) is 4.79 Å². The molecule has 0 saturated heterocycles. The molecule has 1 rings (SSSR count). The zero-order chi connectivity index (χ0) is 12.1. The number of carboxylic acids is 1. The molecule has 0 radical (unpaired) electrons. The van der Waals surface area contributed by atoms with Crippen molar-refractivity contribution < 1.29 is 14.6 Å². The van der Waals surface area contributed by atoms with Crippen LogP contribution in [-0.2, 0) is 11.2 Å². The number of carbonyl (C=O) groups is 1. The lowest BCUT2D eigenvalue weighted by molar-refractivity contribution is -0.136. The molecule has 0 heterocycles. The topological polar surface area (TPSA) is 46.5 Å². The van der Waals surface area contributed by atoms with Crippen molar-refractivity contribution in [2.75, 3.05) is 13.4 Å². The first-order valence-corrected chi connectivity index (χ1v) is 6.24. The molecule has 0 unspecified atom stereocenters. The van der Waals surface area contributed by atoms with Crippen LogP contribution in [0.3, 0.4) is 0 Å². The second-order valence-corrected chi connectivity index (χ2v) is 4.38. The van der Waals surface area contributed by atoms with E-state index < -0.39 is 5.97 Å². The van der Waals surface area contributed by atoms with E-state index in [1.807, 2.05) is 25.3 Å². The van der Waals surface area contributed by atoms with Gasteiger partial charge in [-0.05, 0) is 42.9 Å². The summed E-state index contributed by atoms with van der Waals surface area (Å²) in [6.07, 6.45) is 2.69. The van der Waals surface area contributed by atoms with Crippen molar-refractivity contribution >= 4 is 17.7 Å². The largest absolute Gasteiger partial charge is 0.496 e. The molecule has 1 aromatic rings. The van der Waals surface area contributed by atoms with Gasteiger partial charge in [0.05, 0.1) is 7.11 Å². The van der Waals surface area contributed by atoms with E-state index >= 15 is 0 Å². The highest BCUT2D eigenvalue weighted by Crippen LogP contribution is 2.29. The fraction of sp³-hybridized carbons (Fsp3) is 0.417. The Kier molecular flexibility index (Phi) is 4.68. The third kappa shape index (κ3) is 3.17. The maximum absolute atomic E-state index is 10.6. The summed E-state index contributed by atoms with van der Waals surface area (Å²) >= 11 is 1.63. The van der Waals surface area contributed by atoms with Gasteiger partial charge in [0.25, 0.3) is 0 Å². The van der Waals surface area contributed by atoms with Crippen molar-refractivity contribution in [3.63, 3.8) is 0 Å². The third-order valence-corrected chi connectivity index (χ3v) is 3.23. The van der Waals surface area contributed by atoms with Crippen LogP contribution in [0.25, 0.3) is 0 Å². The lowest BCUT2D eigenvalue weighted by atomic mass is 10.1. The predicted octanol–water partition coefficient (Wildman–Crippen LogP) is 2.74. The molecule has 0 aliphatic rings. The van der Waals surface area contributed by atoms with Gasteiger partial charge in [0.2, 0.25) is 0 Å². The van der Waals surface area contributed by atoms with Crippen molar-refractivity contribution in [2.24, 2.45) is 0 Å². The molecule has 0 atom stereocenters. The standard InChI is InChI=1S/C12H16O3S/c1-8-6-11(16-3)9(4-5-12(13)14)7-10(8)15-2/h6-7H,4-5H2,1-3H3,(H,13,14). The SMILES string of the molecule is COc1cc(CCC(=O)O)c(SC)cc1C. The highest BCUT2D eigenvalue weighted by atomic mass is 32.2. The molecule has 0 aliphatic heterocycles. The van der Waals surface area contributed by atoms with E-state index in [9.17, 15) is 4.79 Å². The summed E-state index contributed by atoms with van der Waals surface area (Å²) < 4.78 is 5.24. The van der Waals surface area contributed by atoms with E-state index in [2.05, 4.69) is 0 Å². The average Bonchev–Trinajstić information content (AvgIpc) is 2.26. The lowest BCUT2D eigenvalue weighted by Crippen LogP contribution is -2.00. The minimum Gasteiger partial charge on any atom is -0.496 e. The number of benzene rings is 1. The van der Waals surface area contributed by atoms with Crippen LogP contribution in [0.1, 0.15) is 17.5 Å². The van der Waals surface area contributed by atoms with Crippen molar-refractivity contribution in [3.05, 3.63) is 23.3 Å². The Hall–Kier alpha value is -1.16. The van der Waals surface area contributed by atoms with E-state index in [1.165, 1.54) is 0 Å². The van der Waals surface area contributed by atoms with E-state index in [0.717, 1.165) is 21.8 Å². The van der Waals surface area contributed by atoms with Crippen LogP contribution >= 0.6 is 11.8 Å². The summed E-state index contributed by atoms with van der Waals surface area (Å²) in [4.78, 5) is 11.7. The van der Waals surface area contributed by atoms with Gasteiger partial charge < -0.3 is 9.84 Å². The molecule has 16 heavy (non-hydrogen) atoms. The van der Waals surface area contributed by atoms with Crippen LogP contribution in [0.2, 0.25) is 0 Å². The van der Waals surface area contributed by atoms with Crippen LogP contribution < -0.4 is 4.74 Å². The monoisotopic (exact) mass is 240 g/mol. The highest BCUT2D eigenvalue weighted by Gasteiger charge is 2.08. The second kappa shape index (κ2) is 5.80. The van der Waals surface area contributed by atoms with Gasteiger partial charge in [0.15, 0.2) is 0 Å². The Morgan fingerprint density at radius 3 is 2.69 bits per heavy atom. The second-order valence-electron chi connectivity index (χ2n) is 3.53. The maximum atomic E-state index is 10.6. The molecule has 3 nitrogen and oxygen atoms in total. The normalized spacial score (nSPS) is 10.2. The van der Waals surface area contributed by atoms with Crippen molar-refractivity contribution in [2.45, 2.75) is 24.7 Å². The first kappa shape index (κ1) is 12.9. The molecule has 4 heteroatoms. The zero-order valence-corrected chi connectivity index (χ0v) is 10.6. The Morgan fingerprint density at radius 2 is 2.19 bits per heavy atom. The minimum atomic E-state index is -0.772. The van der Waals surface area contributed by atoms with Gasteiger partial charge >= 0.3 is 5.97 Å². The maximum Gasteiger partial charge on any atom is 0.303 e. The molecule has 0 spiro atoms. The number of aryl methyl sites for hydroxylation is 2. The molecule has 0 bridgehead atoms. The summed E-state index contributed by atoms with van der Waals surface area (Å²) in [5.74, 6) is 0.0461. The minimum absolute atomic E-state index is 0.153. The highest BCUT2D eigenvalue weighted by molar-refractivity contribution is 7.98. The lowest BCUT2D eigenvalue weighted by Gasteiger charge is -2.11. The van der Waals surface area contributed by atoms with Gasteiger partial charge in [-0.15, -0.1) is 11.8 Å². The molecule has 1 N–H and O–H groups in total. The Balaban J connectivity index is 2.99. The quantitative estimate of drug-likeness (QED) is 0.804. The third-order valence-electron chi connectivity index (χ3n) is 2.41. The van der Waals surface area contributed by atoms with Gasteiger partial charge in [-0.1, -0.05) is 0 Å². The predicted molar refractivity (Wildman–Crippen MR) is 65.5 cm³/mol. The first-order chi connectivity index (χ1) is 7.58. The van der Waals surface area contributed by atoms with E-state index in [0.29, 0.717) is 6.42 Å². The zero-order valence-electron chi connectivity index (χ0n) is 9.74. The summed E-state index contributed by atoms with van der Waals surface area (Å²) in [6.45, 7) is 1.99. The number of carboxylic acid groups (broad SMARTS) is 1. The first-order valence-electron chi connectivity index (χ1n) is 5.01. The fourth-order valence-electron chi connectivity index (χ4n) is 1.55. The molecule has 1 aromatic carbocycles. The van der Waals surface area contributed by atoms with E-state index in [-0.39, 0.29) is 6.42 Å². The molecule has 0 amide bonds. The van der Waals surface area contributed by atoms with Gasteiger partial charge in [-0.25, -0.2) is 0 Å². The molecular formula is C12H16O3S. The van der Waals surface area contributed by atoms with Gasteiger partial charge in [0, 0.05) is 11.3 Å². The van der Waals surface area contributed by atoms with Crippen molar-refractivity contribution in [3.8, 4) is 5.75 Å². The molecule has 0 aliphatic carbocycles. The van der Waals surface area contributed by atoms with Gasteiger partial charge in [0.1, 0.15) is 5.75 Å². The number of hydrogen-bond acceptors (Lipinski definition) is 3. The number of aliphatic carboxylic acids is 1. The van der Waals surface area contributed by atoms with Crippen LogP contribution in [0.5, 0.6) is 5.75 Å². The smallest absolute Gasteiger partial charge is 0.303 e. The van der Waals surface area contributed by atoms with Gasteiger partial charge in [-0.2, -0.15) is 0 Å². The number of hydrogen-bond donors (Lipinski definition) is 1. The van der Waals surface area contributed by atoms with Crippen LogP contribution in [0.15, 0.2) is 17.0 Å². The molecule has 0 fully saturated rings. The number of methoxy groups -OCH3 is 1. The molecule has 0 aromatic heterocycles. The van der Waals surface area contributed by atoms with Crippen LogP contribution in [0, 0.1) is 6.92 Å². The Bertz CT molecular complexity index is 388. The number of ether oxygens (including phenoxy) is 1. The van der Waals surface area contributed by atoms with Crippen LogP contribution in [-0.4, -0.2) is 24.4 Å². The van der Waals surface area contributed by atoms with Crippen molar-refractivity contribution in [1.29, 1.82) is 0 Å². The van der Waals surface area contributed by atoms with Crippen LogP contribution in [0.4, 0.5) is 0 Å². The Labute approximate surface area is 99.8 Å². The average molecular weight is 240 g/mol. The molecule has 0 saturated carbocycles. The summed E-state index contributed by atoms with van der Waals surface area (Å²) in [5, 5.41) is 8.68. The summed E-state index contributed by atoms with van der Waals surface area (Å²) in [6, 6.07) is 3.98. The summed E-state index contributed by atoms with van der Waals surface area (Å²) in [5.41, 5.74) is 2.11. The van der Waals surface area contributed by atoms with E-state index in [4.69, 9.17) is 9.84 Å². The van der Waals surface area contributed by atoms with Crippen molar-refractivity contribution in [1.82, 2.24) is 0 Å². The fourth-order valence-corrected chi connectivity index (χ4v) is 2.27. The Morgan fingerprint density at radius 1 is 1.50 bits per heavy atom. The number of thioether (sulfide) groups is 1. The molecule has 88 valence electrons.